The van der Waals surface area contributed by atoms with E-state index < -0.39 is 5.56 Å². The number of aromatic hydroxyl groups is 1. The van der Waals surface area contributed by atoms with Gasteiger partial charge in [0.1, 0.15) is 5.56 Å². The Balaban J connectivity index is 1.98. The highest BCUT2D eigenvalue weighted by Crippen LogP contribution is 2.22. The molecule has 1 aromatic heterocycles. The summed E-state index contributed by atoms with van der Waals surface area (Å²) in [5, 5.41) is 11.0. The summed E-state index contributed by atoms with van der Waals surface area (Å²) in [6.45, 7) is 4.03. The number of rotatable bonds is 4. The quantitative estimate of drug-likeness (QED) is 0.349. The van der Waals surface area contributed by atoms with Crippen molar-refractivity contribution in [3.05, 3.63) is 111 Å². The monoisotopic (exact) mass is 427 g/mol. The first-order valence-electron chi connectivity index (χ1n) is 9.80. The van der Waals surface area contributed by atoms with Crippen molar-refractivity contribution >= 4 is 24.1 Å². The van der Waals surface area contributed by atoms with E-state index in [4.69, 9.17) is 12.2 Å². The Hall–Kier alpha value is -3.77. The minimum absolute atomic E-state index is 0.0551. The molecular formula is C25H21N3O2S. The van der Waals surface area contributed by atoms with Gasteiger partial charge in [0.25, 0.3) is 5.56 Å². The normalized spacial score (nSPS) is 11.2. The van der Waals surface area contributed by atoms with Crippen LogP contribution in [0.2, 0.25) is 0 Å². The van der Waals surface area contributed by atoms with E-state index in [9.17, 15) is 9.90 Å². The zero-order valence-corrected chi connectivity index (χ0v) is 18.0. The predicted molar refractivity (Wildman–Crippen MR) is 127 cm³/mol. The highest BCUT2D eigenvalue weighted by Gasteiger charge is 2.17. The number of hydrogen-bond donors (Lipinski definition) is 1. The minimum Gasteiger partial charge on any atom is -0.494 e. The van der Waals surface area contributed by atoms with Crippen LogP contribution in [0.15, 0.2) is 88.6 Å². The Labute approximate surface area is 185 Å². The summed E-state index contributed by atoms with van der Waals surface area (Å²) in [6.07, 6.45) is 1.40. The molecule has 0 unspecified atom stereocenters. The first-order chi connectivity index (χ1) is 15.0. The molecule has 154 valence electrons. The van der Waals surface area contributed by atoms with Crippen LogP contribution < -0.4 is 5.56 Å². The molecule has 4 rings (SSSR count). The van der Waals surface area contributed by atoms with Crippen LogP contribution in [0.4, 0.5) is 5.69 Å². The van der Waals surface area contributed by atoms with Gasteiger partial charge in [-0.15, -0.1) is 0 Å². The van der Waals surface area contributed by atoms with Gasteiger partial charge < -0.3 is 5.11 Å². The number of benzene rings is 3. The van der Waals surface area contributed by atoms with Gasteiger partial charge in [0.15, 0.2) is 4.77 Å². The number of aryl methyl sites for hydroxylation is 2. The van der Waals surface area contributed by atoms with Crippen LogP contribution in [0.25, 0.3) is 11.4 Å². The van der Waals surface area contributed by atoms with E-state index in [0.29, 0.717) is 17.1 Å². The third-order valence-corrected chi connectivity index (χ3v) is 5.50. The highest BCUT2D eigenvalue weighted by atomic mass is 32.1. The first kappa shape index (κ1) is 20.5. The van der Waals surface area contributed by atoms with Gasteiger partial charge in [-0.3, -0.25) is 18.9 Å². The van der Waals surface area contributed by atoms with Crippen LogP contribution in [0.3, 0.4) is 0 Å². The molecule has 4 aromatic rings. The molecule has 0 saturated carbocycles. The molecular weight excluding hydrogens is 406 g/mol. The molecule has 0 radical (unpaired) electrons. The summed E-state index contributed by atoms with van der Waals surface area (Å²) >= 11 is 5.62. The maximum absolute atomic E-state index is 13.4. The second-order valence-electron chi connectivity index (χ2n) is 7.19. The van der Waals surface area contributed by atoms with Crippen molar-refractivity contribution in [2.24, 2.45) is 4.99 Å². The smallest absolute Gasteiger partial charge is 0.271 e. The number of hydrogen-bond acceptors (Lipinski definition) is 4. The Morgan fingerprint density at radius 1 is 0.839 bits per heavy atom. The molecule has 0 saturated heterocycles. The minimum atomic E-state index is -0.437. The Bertz CT molecular complexity index is 1390. The van der Waals surface area contributed by atoms with Gasteiger partial charge in [0.05, 0.1) is 17.1 Å². The lowest BCUT2D eigenvalue weighted by Gasteiger charge is -2.16. The number of aliphatic imine (C=N–C) groups is 1. The van der Waals surface area contributed by atoms with E-state index in [1.54, 1.807) is 12.1 Å². The molecule has 0 spiro atoms. The average molecular weight is 428 g/mol. The zero-order chi connectivity index (χ0) is 22.0. The van der Waals surface area contributed by atoms with Gasteiger partial charge >= 0.3 is 0 Å². The SMILES string of the molecule is Cc1ccc(N=Cc2c(O)n(-c3ccccc3)c(=S)n(-c3ccccc3)c2=O)cc1C. The second-order valence-corrected chi connectivity index (χ2v) is 7.56. The molecule has 6 heteroatoms. The fraction of sp³-hybridized carbons (Fsp3) is 0.0800. The summed E-state index contributed by atoms with van der Waals surface area (Å²) in [5.41, 5.74) is 3.83. The van der Waals surface area contributed by atoms with Crippen molar-refractivity contribution in [1.82, 2.24) is 9.13 Å². The summed E-state index contributed by atoms with van der Waals surface area (Å²) in [6, 6.07) is 24.1. The number of nitrogens with zero attached hydrogens (tertiary/aromatic N) is 3. The molecule has 5 nitrogen and oxygen atoms in total. The second kappa shape index (κ2) is 8.53. The lowest BCUT2D eigenvalue weighted by molar-refractivity contribution is 0.430. The molecule has 1 heterocycles. The van der Waals surface area contributed by atoms with E-state index in [0.717, 1.165) is 11.1 Å². The van der Waals surface area contributed by atoms with Gasteiger partial charge in [-0.05, 0) is 73.6 Å². The maximum atomic E-state index is 13.4. The van der Waals surface area contributed by atoms with Crippen molar-refractivity contribution in [2.45, 2.75) is 13.8 Å². The standard InChI is InChI=1S/C25H21N3O2S/c1-17-13-14-19(15-18(17)2)26-16-22-23(29)27(20-9-5-3-6-10-20)25(31)28(24(22)30)21-11-7-4-8-12-21/h3-16,29H,1-2H3. The Kier molecular flexibility index (Phi) is 5.64. The molecule has 0 amide bonds. The topological polar surface area (TPSA) is 59.5 Å². The van der Waals surface area contributed by atoms with Gasteiger partial charge in [0.2, 0.25) is 5.88 Å². The van der Waals surface area contributed by atoms with E-state index >= 15 is 0 Å². The molecule has 0 aliphatic rings. The summed E-state index contributed by atoms with van der Waals surface area (Å²) in [5.74, 6) is -0.249. The van der Waals surface area contributed by atoms with Gasteiger partial charge in [-0.2, -0.15) is 0 Å². The van der Waals surface area contributed by atoms with Crippen molar-refractivity contribution in [2.75, 3.05) is 0 Å². The molecule has 0 aliphatic heterocycles. The first-order valence-corrected chi connectivity index (χ1v) is 10.2. The molecule has 31 heavy (non-hydrogen) atoms. The van der Waals surface area contributed by atoms with Crippen LogP contribution in [0.5, 0.6) is 5.88 Å². The Morgan fingerprint density at radius 3 is 2.00 bits per heavy atom. The molecule has 0 aliphatic carbocycles. The van der Waals surface area contributed by atoms with Gasteiger partial charge in [0, 0.05) is 6.21 Å². The molecule has 0 bridgehead atoms. The summed E-state index contributed by atoms with van der Waals surface area (Å²) in [7, 11) is 0. The number of aromatic nitrogens is 2. The van der Waals surface area contributed by atoms with Crippen molar-refractivity contribution < 1.29 is 5.11 Å². The van der Waals surface area contributed by atoms with Crippen molar-refractivity contribution in [3.63, 3.8) is 0 Å². The van der Waals surface area contributed by atoms with Crippen LogP contribution in [-0.2, 0) is 0 Å². The van der Waals surface area contributed by atoms with Crippen LogP contribution in [0, 0.1) is 18.6 Å². The van der Waals surface area contributed by atoms with E-state index in [2.05, 4.69) is 4.99 Å². The van der Waals surface area contributed by atoms with Crippen molar-refractivity contribution in [3.8, 4) is 17.3 Å². The van der Waals surface area contributed by atoms with E-state index in [-0.39, 0.29) is 16.2 Å². The van der Waals surface area contributed by atoms with E-state index in [1.165, 1.54) is 15.3 Å². The van der Waals surface area contributed by atoms with Gasteiger partial charge in [-0.25, -0.2) is 0 Å². The molecule has 3 aromatic carbocycles. The predicted octanol–water partition coefficient (Wildman–Crippen LogP) is 5.43. The van der Waals surface area contributed by atoms with Crippen LogP contribution in [0.1, 0.15) is 16.7 Å². The highest BCUT2D eigenvalue weighted by molar-refractivity contribution is 7.71. The van der Waals surface area contributed by atoms with Crippen LogP contribution in [-0.4, -0.2) is 20.5 Å². The molecule has 0 atom stereocenters. The number of para-hydroxylation sites is 2. The van der Waals surface area contributed by atoms with Gasteiger partial charge in [-0.1, -0.05) is 42.5 Å². The fourth-order valence-electron chi connectivity index (χ4n) is 3.29. The molecule has 0 fully saturated rings. The fourth-order valence-corrected chi connectivity index (χ4v) is 3.67. The van der Waals surface area contributed by atoms with Crippen LogP contribution >= 0.6 is 12.2 Å². The summed E-state index contributed by atoms with van der Waals surface area (Å²) in [4.78, 5) is 17.8. The third-order valence-electron chi connectivity index (χ3n) is 5.13. The van der Waals surface area contributed by atoms with E-state index in [1.807, 2.05) is 80.6 Å². The lowest BCUT2D eigenvalue weighted by Crippen LogP contribution is -2.27. The van der Waals surface area contributed by atoms with Crippen molar-refractivity contribution in [1.29, 1.82) is 0 Å². The summed E-state index contributed by atoms with van der Waals surface area (Å²) < 4.78 is 3.05. The Morgan fingerprint density at radius 2 is 1.42 bits per heavy atom. The maximum Gasteiger partial charge on any atom is 0.271 e. The average Bonchev–Trinajstić information content (AvgIpc) is 2.77. The lowest BCUT2D eigenvalue weighted by atomic mass is 10.1. The zero-order valence-electron chi connectivity index (χ0n) is 17.2. The molecule has 1 N–H and O–H groups in total. The third kappa shape index (κ3) is 3.98. The largest absolute Gasteiger partial charge is 0.494 e.